The number of carbonyl (C=O) groups is 2. The van der Waals surface area contributed by atoms with Crippen molar-refractivity contribution in [3.8, 4) is 0 Å². The molecule has 0 saturated carbocycles. The molecule has 2 atom stereocenters. The predicted octanol–water partition coefficient (Wildman–Crippen LogP) is 12.6. The predicted molar refractivity (Wildman–Crippen MR) is 230 cm³/mol. The van der Waals surface area contributed by atoms with Gasteiger partial charge in [0.2, 0.25) is 11.8 Å². The van der Waals surface area contributed by atoms with Gasteiger partial charge in [0, 0.05) is 59.3 Å². The van der Waals surface area contributed by atoms with Gasteiger partial charge in [-0.05, 0) is 51.4 Å². The first-order valence-electron chi connectivity index (χ1n) is 20.9. The first kappa shape index (κ1) is 55.8. The fraction of sp³-hybridized carbons (Fsp3) is 0.560. The van der Waals surface area contributed by atoms with E-state index in [9.17, 15) is 27.2 Å². The molecule has 0 heterocycles. The molecule has 59 heavy (non-hydrogen) atoms. The minimum absolute atomic E-state index is 0. The average Bonchev–Trinajstić information content (AvgIpc) is 3.94. The number of carbonyl (C=O) groups excluding carboxylic acids is 2. The van der Waals surface area contributed by atoms with Crippen LogP contribution in [0.15, 0.2) is 60.7 Å². The Morgan fingerprint density at radius 3 is 1.19 bits per heavy atom. The molecule has 2 aliphatic carbocycles. The van der Waals surface area contributed by atoms with E-state index in [0.29, 0.717) is 48.9 Å². The zero-order chi connectivity index (χ0) is 44.1. The number of halogens is 4. The van der Waals surface area contributed by atoms with Crippen LogP contribution < -0.4 is 0 Å². The summed E-state index contributed by atoms with van der Waals surface area (Å²) in [6.45, 7) is 25.2. The molecular weight excluding hydrogens is 784 g/mol. The number of benzene rings is 2. The van der Waals surface area contributed by atoms with Crippen LogP contribution in [0.5, 0.6) is 0 Å². The van der Waals surface area contributed by atoms with Gasteiger partial charge in [-0.25, -0.2) is 41.9 Å². The second kappa shape index (κ2) is 28.3. The molecule has 4 rings (SSSR count). The Kier molecular flexibility index (Phi) is 26.8. The van der Waals surface area contributed by atoms with E-state index in [4.69, 9.17) is 0 Å². The number of allylic oxidation sites excluding steroid dienone is 8. The summed E-state index contributed by atoms with van der Waals surface area (Å²) in [5.41, 5.74) is -0.113. The van der Waals surface area contributed by atoms with Gasteiger partial charge in [0.05, 0.1) is 0 Å². The molecule has 2 aromatic carbocycles. The summed E-state index contributed by atoms with van der Waals surface area (Å²) in [6.07, 6.45) is 24.0. The van der Waals surface area contributed by atoms with Crippen LogP contribution in [-0.4, -0.2) is 46.8 Å². The summed E-state index contributed by atoms with van der Waals surface area (Å²) < 4.78 is 53.6. The average molecular weight is 855 g/mol. The van der Waals surface area contributed by atoms with Gasteiger partial charge < -0.3 is 9.80 Å². The Balaban J connectivity index is 0.000000903. The molecular formula is C50H70F4N2O2Ti. The van der Waals surface area contributed by atoms with E-state index < -0.39 is 34.1 Å². The molecule has 2 amide bonds. The van der Waals surface area contributed by atoms with Crippen molar-refractivity contribution in [1.82, 2.24) is 9.80 Å². The zero-order valence-corrected chi connectivity index (χ0v) is 39.4. The Labute approximate surface area is 370 Å². The maximum Gasteiger partial charge on any atom is 4.00 e. The van der Waals surface area contributed by atoms with E-state index in [1.165, 1.54) is 24.3 Å². The van der Waals surface area contributed by atoms with E-state index in [2.05, 4.69) is 64.1 Å². The minimum atomic E-state index is -0.704. The van der Waals surface area contributed by atoms with Crippen molar-refractivity contribution in [3.05, 3.63) is 119 Å². The Morgan fingerprint density at radius 1 is 0.627 bits per heavy atom. The first-order valence-corrected chi connectivity index (χ1v) is 20.9. The molecule has 0 spiro atoms. The molecule has 2 aromatic rings. The summed E-state index contributed by atoms with van der Waals surface area (Å²) in [6, 6.07) is 9.55. The summed E-state index contributed by atoms with van der Waals surface area (Å²) >= 11 is 0. The van der Waals surface area contributed by atoms with E-state index in [0.717, 1.165) is 38.5 Å². The molecule has 0 N–H and O–H groups in total. The Hall–Kier alpha value is -3.23. The van der Waals surface area contributed by atoms with Crippen LogP contribution in [0.3, 0.4) is 0 Å². The van der Waals surface area contributed by atoms with Crippen LogP contribution in [0.4, 0.5) is 17.6 Å². The smallest absolute Gasteiger partial charge is 0.340 e. The van der Waals surface area contributed by atoms with Gasteiger partial charge in [0.25, 0.3) is 0 Å². The summed E-state index contributed by atoms with van der Waals surface area (Å²) in [5.74, 6) is -1.64. The van der Waals surface area contributed by atoms with Crippen molar-refractivity contribution in [2.45, 2.75) is 147 Å². The van der Waals surface area contributed by atoms with Crippen molar-refractivity contribution < 1.29 is 48.9 Å². The van der Waals surface area contributed by atoms with Crippen molar-refractivity contribution >= 4 is 11.8 Å². The molecule has 9 heteroatoms. The van der Waals surface area contributed by atoms with Crippen LogP contribution in [0.1, 0.15) is 133 Å². The molecule has 4 nitrogen and oxygen atoms in total. The van der Waals surface area contributed by atoms with Crippen LogP contribution in [0.2, 0.25) is 0 Å². The van der Waals surface area contributed by atoms with Gasteiger partial charge in [-0.2, -0.15) is 24.3 Å². The number of rotatable bonds is 16. The van der Waals surface area contributed by atoms with E-state index in [1.54, 1.807) is 0 Å². The molecule has 2 aliphatic rings. The van der Waals surface area contributed by atoms with E-state index >= 15 is 0 Å². The summed E-state index contributed by atoms with van der Waals surface area (Å²) in [4.78, 5) is 29.6. The van der Waals surface area contributed by atoms with Crippen molar-refractivity contribution in [3.63, 3.8) is 0 Å². The molecule has 0 aromatic heterocycles. The number of amides is 2. The van der Waals surface area contributed by atoms with Gasteiger partial charge in [0.15, 0.2) is 0 Å². The van der Waals surface area contributed by atoms with Crippen LogP contribution in [0.25, 0.3) is 0 Å². The SMILES string of the molecule is CCC(C)(C)C(=O)N(CCc1ccc(F)[c-]c1F)C(C)CC(C)C.CCC(C)(C)C(=O)N(CCc1ccc(F)[c-]c1F)C(C)CC(C)C.[C-]1=CC=CC1.[C-]1=CC=CC1.[Ti+4]. The van der Waals surface area contributed by atoms with Crippen molar-refractivity contribution in [1.29, 1.82) is 0 Å². The quantitative estimate of drug-likeness (QED) is 0.0959. The number of nitrogens with zero attached hydrogens (tertiary/aromatic N) is 2. The molecule has 0 fully saturated rings. The standard InChI is InChI=1S/2C20H30F2NO.2C5H5.Ti/c2*1-7-20(5,6)19(24)23(15(4)12-14(2)3)11-10-16-8-9-17(21)13-18(16)22;2*1-2-4-5-3-1;/h2*8-9,14-15H,7,10-12H2,1-6H3;2*1-3H,4H2;/q4*-1;+4. The second-order valence-electron chi connectivity index (χ2n) is 17.2. The van der Waals surface area contributed by atoms with Crippen LogP contribution >= 0.6 is 0 Å². The third-order valence-corrected chi connectivity index (χ3v) is 10.4. The maximum absolute atomic E-state index is 13.8. The fourth-order valence-corrected chi connectivity index (χ4v) is 6.24. The third-order valence-electron chi connectivity index (χ3n) is 10.4. The van der Waals surface area contributed by atoms with Gasteiger partial charge >= 0.3 is 21.7 Å². The maximum atomic E-state index is 13.8. The molecule has 2 unspecified atom stereocenters. The Bertz CT molecular complexity index is 1520. The minimum Gasteiger partial charge on any atom is -0.340 e. The molecule has 324 valence electrons. The fourth-order valence-electron chi connectivity index (χ4n) is 6.24. The molecule has 0 bridgehead atoms. The van der Waals surface area contributed by atoms with Gasteiger partial charge in [-0.1, -0.05) is 82.1 Å². The first-order chi connectivity index (χ1) is 27.2. The van der Waals surface area contributed by atoms with Gasteiger partial charge in [-0.3, -0.25) is 21.7 Å². The summed E-state index contributed by atoms with van der Waals surface area (Å²) in [5, 5.41) is 0. The van der Waals surface area contributed by atoms with Gasteiger partial charge in [0.1, 0.15) is 0 Å². The summed E-state index contributed by atoms with van der Waals surface area (Å²) in [7, 11) is 0. The third kappa shape index (κ3) is 21.2. The monoisotopic (exact) mass is 854 g/mol. The molecule has 0 radical (unpaired) electrons. The van der Waals surface area contributed by atoms with E-state index in [1.807, 2.05) is 89.5 Å². The largest absolute Gasteiger partial charge is 4.00 e. The Morgan fingerprint density at radius 2 is 0.966 bits per heavy atom. The van der Waals surface area contributed by atoms with Crippen molar-refractivity contribution in [2.24, 2.45) is 22.7 Å². The normalized spacial score (nSPS) is 13.7. The van der Waals surface area contributed by atoms with Crippen LogP contribution in [0, 0.1) is 70.2 Å². The number of hydrogen-bond acceptors (Lipinski definition) is 2. The van der Waals surface area contributed by atoms with E-state index in [-0.39, 0.29) is 45.6 Å². The zero-order valence-electron chi connectivity index (χ0n) is 37.9. The second-order valence-corrected chi connectivity index (χ2v) is 17.2. The van der Waals surface area contributed by atoms with Crippen LogP contribution in [-0.2, 0) is 44.1 Å². The molecule has 0 aliphatic heterocycles. The topological polar surface area (TPSA) is 40.6 Å². The van der Waals surface area contributed by atoms with Crippen molar-refractivity contribution in [2.75, 3.05) is 13.1 Å². The number of hydrogen-bond donors (Lipinski definition) is 0. The molecule has 0 saturated heterocycles. The van der Waals surface area contributed by atoms with Gasteiger partial charge in [-0.15, -0.1) is 48.2 Å².